The van der Waals surface area contributed by atoms with E-state index in [1.54, 1.807) is 42.5 Å². The highest BCUT2D eigenvalue weighted by Crippen LogP contribution is 2.30. The van der Waals surface area contributed by atoms with Gasteiger partial charge < -0.3 is 20.1 Å². The van der Waals surface area contributed by atoms with Gasteiger partial charge in [-0.25, -0.2) is 9.37 Å². The highest BCUT2D eigenvalue weighted by Gasteiger charge is 2.12. The van der Waals surface area contributed by atoms with E-state index in [1.807, 2.05) is 23.6 Å². The molecule has 0 fully saturated rings. The molecule has 162 valence electrons. The molecule has 8 heteroatoms. The second-order valence-electron chi connectivity index (χ2n) is 6.78. The third-order valence-corrected chi connectivity index (χ3v) is 5.41. The van der Waals surface area contributed by atoms with E-state index in [0.29, 0.717) is 39.3 Å². The molecule has 0 saturated heterocycles. The summed E-state index contributed by atoms with van der Waals surface area (Å²) in [6, 6.07) is 18.8. The molecular weight excluding hydrogens is 429 g/mol. The third-order valence-electron chi connectivity index (χ3n) is 4.65. The molecule has 0 aliphatic heterocycles. The molecule has 1 heterocycles. The van der Waals surface area contributed by atoms with Crippen LogP contribution in [-0.2, 0) is 0 Å². The highest BCUT2D eigenvalue weighted by atomic mass is 32.1. The fourth-order valence-electron chi connectivity index (χ4n) is 3.04. The Bertz CT molecular complexity index is 1240. The van der Waals surface area contributed by atoms with Gasteiger partial charge in [0.25, 0.3) is 5.91 Å². The van der Waals surface area contributed by atoms with Gasteiger partial charge in [-0.1, -0.05) is 24.3 Å². The number of rotatable bonds is 7. The number of hydrogen-bond acceptors (Lipinski definition) is 6. The van der Waals surface area contributed by atoms with Crippen LogP contribution >= 0.6 is 11.3 Å². The fraction of sp³-hybridized carbons (Fsp3) is 0.0833. The number of carbonyl (C=O) groups is 1. The molecule has 0 aliphatic rings. The van der Waals surface area contributed by atoms with Crippen molar-refractivity contribution in [1.29, 1.82) is 0 Å². The SMILES string of the molecule is COc1cc(OC)cc(C(=O)Nc2cccc(-c3csc(Nc4ccccc4F)n3)c2)c1. The van der Waals surface area contributed by atoms with Crippen molar-refractivity contribution < 1.29 is 18.7 Å². The molecule has 0 atom stereocenters. The Hall–Kier alpha value is -3.91. The number of aromatic nitrogens is 1. The number of thiazole rings is 1. The van der Waals surface area contributed by atoms with Gasteiger partial charge in [0.1, 0.15) is 17.3 Å². The van der Waals surface area contributed by atoms with Crippen molar-refractivity contribution in [2.45, 2.75) is 0 Å². The standard InChI is InChI=1S/C24H20FN3O3S/c1-30-18-11-16(12-19(13-18)31-2)23(29)26-17-7-5-6-15(10-17)22-14-32-24(28-22)27-21-9-4-3-8-20(21)25/h3-14H,1-2H3,(H,26,29)(H,27,28). The molecule has 0 radical (unpaired) electrons. The lowest BCUT2D eigenvalue weighted by Gasteiger charge is -2.10. The van der Waals surface area contributed by atoms with Crippen molar-refractivity contribution in [2.75, 3.05) is 24.9 Å². The molecular formula is C24H20FN3O3S. The van der Waals surface area contributed by atoms with Gasteiger partial charge >= 0.3 is 0 Å². The number of benzene rings is 3. The second kappa shape index (κ2) is 9.49. The van der Waals surface area contributed by atoms with Gasteiger partial charge in [-0.05, 0) is 36.4 Å². The third kappa shape index (κ3) is 4.87. The number of halogens is 1. The number of hydrogen-bond donors (Lipinski definition) is 2. The van der Waals surface area contributed by atoms with Gasteiger partial charge in [0.15, 0.2) is 5.13 Å². The molecule has 0 bridgehead atoms. The van der Waals surface area contributed by atoms with Crippen LogP contribution in [0.25, 0.3) is 11.3 Å². The van der Waals surface area contributed by atoms with Crippen LogP contribution < -0.4 is 20.1 Å². The van der Waals surface area contributed by atoms with Crippen LogP contribution in [0.1, 0.15) is 10.4 Å². The van der Waals surface area contributed by atoms with E-state index in [2.05, 4.69) is 15.6 Å². The van der Waals surface area contributed by atoms with Crippen molar-refractivity contribution in [3.05, 3.63) is 83.5 Å². The van der Waals surface area contributed by atoms with E-state index in [1.165, 1.54) is 31.6 Å². The normalized spacial score (nSPS) is 10.5. The minimum Gasteiger partial charge on any atom is -0.497 e. The molecule has 6 nitrogen and oxygen atoms in total. The lowest BCUT2D eigenvalue weighted by molar-refractivity contribution is 0.102. The Labute approximate surface area is 188 Å². The summed E-state index contributed by atoms with van der Waals surface area (Å²) in [4.78, 5) is 17.3. The van der Waals surface area contributed by atoms with Crippen LogP contribution in [0.2, 0.25) is 0 Å². The number of amides is 1. The van der Waals surface area contributed by atoms with E-state index in [-0.39, 0.29) is 11.7 Å². The van der Waals surface area contributed by atoms with Gasteiger partial charge in [0.2, 0.25) is 0 Å². The monoisotopic (exact) mass is 449 g/mol. The number of anilines is 3. The predicted molar refractivity (Wildman–Crippen MR) is 125 cm³/mol. The molecule has 4 rings (SSSR count). The van der Waals surface area contributed by atoms with Crippen molar-refractivity contribution in [2.24, 2.45) is 0 Å². The van der Waals surface area contributed by atoms with Gasteiger partial charge in [0, 0.05) is 28.3 Å². The van der Waals surface area contributed by atoms with Crippen LogP contribution in [-0.4, -0.2) is 25.1 Å². The smallest absolute Gasteiger partial charge is 0.255 e. The first-order valence-corrected chi connectivity index (χ1v) is 10.6. The zero-order valence-corrected chi connectivity index (χ0v) is 18.2. The summed E-state index contributed by atoms with van der Waals surface area (Å²) >= 11 is 1.37. The largest absolute Gasteiger partial charge is 0.497 e. The summed E-state index contributed by atoms with van der Waals surface area (Å²) in [5, 5.41) is 8.32. The minimum atomic E-state index is -0.344. The quantitative estimate of drug-likeness (QED) is 0.364. The van der Waals surface area contributed by atoms with Gasteiger partial charge in [0.05, 0.1) is 25.6 Å². The van der Waals surface area contributed by atoms with Crippen LogP contribution in [0.4, 0.5) is 20.9 Å². The Balaban J connectivity index is 1.51. The average Bonchev–Trinajstić information content (AvgIpc) is 3.29. The summed E-state index contributed by atoms with van der Waals surface area (Å²) in [6.07, 6.45) is 0. The summed E-state index contributed by atoms with van der Waals surface area (Å²) in [5.74, 6) is 0.420. The van der Waals surface area contributed by atoms with Gasteiger partial charge in [-0.3, -0.25) is 4.79 Å². The molecule has 0 aliphatic carbocycles. The molecule has 0 saturated carbocycles. The number of nitrogens with one attached hydrogen (secondary N) is 2. The zero-order chi connectivity index (χ0) is 22.5. The number of carbonyl (C=O) groups excluding carboxylic acids is 1. The van der Waals surface area contributed by atoms with E-state index in [0.717, 1.165) is 5.56 Å². The lowest BCUT2D eigenvalue weighted by Crippen LogP contribution is -2.12. The lowest BCUT2D eigenvalue weighted by atomic mass is 10.1. The molecule has 0 spiro atoms. The topological polar surface area (TPSA) is 72.5 Å². The maximum atomic E-state index is 13.9. The van der Waals surface area contributed by atoms with Crippen molar-refractivity contribution in [1.82, 2.24) is 4.98 Å². The summed E-state index contributed by atoms with van der Waals surface area (Å²) < 4.78 is 24.3. The number of para-hydroxylation sites is 1. The molecule has 1 aromatic heterocycles. The first-order chi connectivity index (χ1) is 15.6. The van der Waals surface area contributed by atoms with Crippen molar-refractivity contribution >= 4 is 33.8 Å². The van der Waals surface area contributed by atoms with Crippen molar-refractivity contribution in [3.63, 3.8) is 0 Å². The number of ether oxygens (including phenoxy) is 2. The molecule has 0 unspecified atom stereocenters. The van der Waals surface area contributed by atoms with Crippen LogP contribution in [0.3, 0.4) is 0 Å². The molecule has 1 amide bonds. The molecule has 4 aromatic rings. The van der Waals surface area contributed by atoms with Gasteiger partial charge in [-0.2, -0.15) is 0 Å². The Kier molecular flexibility index (Phi) is 6.32. The second-order valence-corrected chi connectivity index (χ2v) is 7.64. The maximum Gasteiger partial charge on any atom is 0.255 e. The summed E-state index contributed by atoms with van der Waals surface area (Å²) in [7, 11) is 3.06. The number of methoxy groups -OCH3 is 2. The summed E-state index contributed by atoms with van der Waals surface area (Å²) in [6.45, 7) is 0. The Morgan fingerprint density at radius 1 is 0.969 bits per heavy atom. The van der Waals surface area contributed by atoms with Crippen molar-refractivity contribution in [3.8, 4) is 22.8 Å². The Morgan fingerprint density at radius 3 is 2.44 bits per heavy atom. The highest BCUT2D eigenvalue weighted by molar-refractivity contribution is 7.14. The molecule has 3 aromatic carbocycles. The first-order valence-electron chi connectivity index (χ1n) is 9.67. The minimum absolute atomic E-state index is 0.292. The predicted octanol–water partition coefficient (Wildman–Crippen LogP) is 5.96. The van der Waals surface area contributed by atoms with Gasteiger partial charge in [-0.15, -0.1) is 11.3 Å². The fourth-order valence-corrected chi connectivity index (χ4v) is 3.77. The van der Waals surface area contributed by atoms with Crippen LogP contribution in [0.5, 0.6) is 11.5 Å². The number of nitrogens with zero attached hydrogens (tertiary/aromatic N) is 1. The first kappa shape index (κ1) is 21.3. The van der Waals surface area contributed by atoms with Crippen LogP contribution in [0, 0.1) is 5.82 Å². The van der Waals surface area contributed by atoms with E-state index < -0.39 is 0 Å². The van der Waals surface area contributed by atoms with E-state index in [9.17, 15) is 9.18 Å². The van der Waals surface area contributed by atoms with Crippen LogP contribution in [0.15, 0.2) is 72.1 Å². The molecule has 2 N–H and O–H groups in total. The van der Waals surface area contributed by atoms with E-state index in [4.69, 9.17) is 9.47 Å². The molecule has 32 heavy (non-hydrogen) atoms. The summed E-state index contributed by atoms with van der Waals surface area (Å²) in [5.41, 5.74) is 2.93. The van der Waals surface area contributed by atoms with E-state index >= 15 is 0 Å². The maximum absolute atomic E-state index is 13.9. The Morgan fingerprint density at radius 2 is 1.72 bits per heavy atom. The average molecular weight is 450 g/mol. The zero-order valence-electron chi connectivity index (χ0n) is 17.4.